The molecule has 3 rings (SSSR count). The fourth-order valence-corrected chi connectivity index (χ4v) is 4.01. The first-order valence-corrected chi connectivity index (χ1v) is 10.5. The number of hydrogen-bond donors (Lipinski definition) is 0. The predicted molar refractivity (Wildman–Crippen MR) is 109 cm³/mol. The van der Waals surface area contributed by atoms with Gasteiger partial charge in [-0.2, -0.15) is 0 Å². The Kier molecular flexibility index (Phi) is 6.09. The Labute approximate surface area is 164 Å². The number of carbonyl (C=O) groups excluding carboxylic acids is 1. The molecule has 5 nitrogen and oxygen atoms in total. The van der Waals surface area contributed by atoms with Gasteiger partial charge in [-0.3, -0.25) is 9.80 Å². The van der Waals surface area contributed by atoms with Gasteiger partial charge in [0.2, 0.25) is 0 Å². The van der Waals surface area contributed by atoms with Crippen LogP contribution in [0.1, 0.15) is 78.3 Å². The fraction of sp³-hybridized carbons (Fsp3) is 0.727. The quantitative estimate of drug-likeness (QED) is 0.714. The van der Waals surface area contributed by atoms with Crippen LogP contribution in [0.4, 0.5) is 10.6 Å². The molecule has 27 heavy (non-hydrogen) atoms. The molecule has 0 N–H and O–H groups in total. The number of likely N-dealkylation sites (tertiary alicyclic amines) is 1. The van der Waals surface area contributed by atoms with Crippen LogP contribution in [0.5, 0.6) is 0 Å². The molecular formula is C22H35N3O2. The van der Waals surface area contributed by atoms with Gasteiger partial charge < -0.3 is 4.74 Å². The third kappa shape index (κ3) is 5.01. The Balaban J connectivity index is 1.76. The molecule has 1 saturated heterocycles. The third-order valence-corrected chi connectivity index (χ3v) is 5.40. The maximum Gasteiger partial charge on any atom is 0.416 e. The molecule has 2 heterocycles. The average Bonchev–Trinajstić information content (AvgIpc) is 2.96. The van der Waals surface area contributed by atoms with Crippen LogP contribution >= 0.6 is 0 Å². The van der Waals surface area contributed by atoms with Crippen LogP contribution in [-0.4, -0.2) is 40.7 Å². The summed E-state index contributed by atoms with van der Waals surface area (Å²) in [6.45, 7) is 12.6. The molecule has 2 aliphatic rings. The average molecular weight is 374 g/mol. The zero-order chi connectivity index (χ0) is 19.6. The number of amides is 1. The van der Waals surface area contributed by atoms with Gasteiger partial charge in [0.1, 0.15) is 11.4 Å². The summed E-state index contributed by atoms with van der Waals surface area (Å²) in [5.41, 5.74) is 0.759. The largest absolute Gasteiger partial charge is 0.443 e. The number of hydrogen-bond acceptors (Lipinski definition) is 4. The lowest BCUT2D eigenvalue weighted by molar-refractivity contribution is 0.0548. The van der Waals surface area contributed by atoms with Gasteiger partial charge in [0.05, 0.1) is 0 Å². The first-order valence-electron chi connectivity index (χ1n) is 10.5. The van der Waals surface area contributed by atoms with Gasteiger partial charge in [0, 0.05) is 24.8 Å². The molecule has 0 unspecified atom stereocenters. The summed E-state index contributed by atoms with van der Waals surface area (Å²) in [5, 5.41) is 0. The van der Waals surface area contributed by atoms with Crippen molar-refractivity contribution in [3.05, 3.63) is 23.9 Å². The Morgan fingerprint density at radius 1 is 1.26 bits per heavy atom. The molecule has 1 aromatic rings. The number of ether oxygens (including phenoxy) is 1. The van der Waals surface area contributed by atoms with E-state index in [9.17, 15) is 4.79 Å². The fourth-order valence-electron chi connectivity index (χ4n) is 4.01. The lowest BCUT2D eigenvalue weighted by atomic mass is 9.91. The molecule has 1 amide bonds. The normalized spacial score (nSPS) is 21.3. The number of aromatic nitrogens is 1. The standard InChI is InChI=1S/C22H35N3O2/c1-16(2)15-24-13-7-10-19(24)17-11-12-20(23-14-17)25(18-8-6-9-18)21(26)27-22(3,4)5/h11-12,14,16,18-19H,6-10,13,15H2,1-5H3/t19-/m1/s1. The van der Waals surface area contributed by atoms with Crippen molar-refractivity contribution in [2.45, 2.75) is 84.4 Å². The first kappa shape index (κ1) is 20.1. The third-order valence-electron chi connectivity index (χ3n) is 5.40. The van der Waals surface area contributed by atoms with Gasteiger partial charge in [0.15, 0.2) is 0 Å². The van der Waals surface area contributed by atoms with Crippen molar-refractivity contribution in [3.63, 3.8) is 0 Å². The molecule has 1 aromatic heterocycles. The number of rotatable bonds is 5. The molecular weight excluding hydrogens is 338 g/mol. The van der Waals surface area contributed by atoms with E-state index >= 15 is 0 Å². The Morgan fingerprint density at radius 2 is 2.00 bits per heavy atom. The molecule has 1 aliphatic heterocycles. The molecule has 150 valence electrons. The maximum atomic E-state index is 12.8. The summed E-state index contributed by atoms with van der Waals surface area (Å²) in [4.78, 5) is 21.8. The van der Waals surface area contributed by atoms with Crippen LogP contribution in [0, 0.1) is 5.92 Å². The van der Waals surface area contributed by atoms with E-state index in [2.05, 4.69) is 29.8 Å². The van der Waals surface area contributed by atoms with Gasteiger partial charge in [-0.15, -0.1) is 0 Å². The molecule has 1 aliphatic carbocycles. The zero-order valence-corrected chi connectivity index (χ0v) is 17.6. The topological polar surface area (TPSA) is 45.7 Å². The molecule has 5 heteroatoms. The monoisotopic (exact) mass is 373 g/mol. The summed E-state index contributed by atoms with van der Waals surface area (Å²) in [5.74, 6) is 1.38. The summed E-state index contributed by atoms with van der Waals surface area (Å²) in [6.07, 6.45) is 7.32. The van der Waals surface area contributed by atoms with Crippen molar-refractivity contribution in [3.8, 4) is 0 Å². The van der Waals surface area contributed by atoms with E-state index in [0.29, 0.717) is 17.8 Å². The maximum absolute atomic E-state index is 12.8. The molecule has 0 bridgehead atoms. The molecule has 2 fully saturated rings. The Bertz CT molecular complexity index is 632. The predicted octanol–water partition coefficient (Wildman–Crippen LogP) is 5.17. The van der Waals surface area contributed by atoms with Gasteiger partial charge in [0.25, 0.3) is 0 Å². The minimum Gasteiger partial charge on any atom is -0.443 e. The molecule has 0 spiro atoms. The van der Waals surface area contributed by atoms with Gasteiger partial charge in [-0.25, -0.2) is 9.78 Å². The number of carbonyl (C=O) groups is 1. The zero-order valence-electron chi connectivity index (χ0n) is 17.6. The van der Waals surface area contributed by atoms with E-state index in [-0.39, 0.29) is 12.1 Å². The molecule has 0 aromatic carbocycles. The lowest BCUT2D eigenvalue weighted by Gasteiger charge is -2.37. The van der Waals surface area contributed by atoms with Gasteiger partial charge in [-0.1, -0.05) is 19.9 Å². The summed E-state index contributed by atoms with van der Waals surface area (Å²) in [6, 6.07) is 4.82. The van der Waals surface area contributed by atoms with Crippen molar-refractivity contribution in [1.29, 1.82) is 0 Å². The lowest BCUT2D eigenvalue weighted by Crippen LogP contribution is -2.47. The van der Waals surface area contributed by atoms with E-state index in [1.54, 1.807) is 4.90 Å². The highest BCUT2D eigenvalue weighted by atomic mass is 16.6. The van der Waals surface area contributed by atoms with Crippen LogP contribution in [0.25, 0.3) is 0 Å². The van der Waals surface area contributed by atoms with Crippen molar-refractivity contribution < 1.29 is 9.53 Å². The Morgan fingerprint density at radius 3 is 2.52 bits per heavy atom. The van der Waals surface area contributed by atoms with Crippen molar-refractivity contribution in [2.24, 2.45) is 5.92 Å². The van der Waals surface area contributed by atoms with Crippen LogP contribution in [0.3, 0.4) is 0 Å². The summed E-state index contributed by atoms with van der Waals surface area (Å²) in [7, 11) is 0. The van der Waals surface area contributed by atoms with E-state index < -0.39 is 5.60 Å². The second-order valence-corrected chi connectivity index (χ2v) is 9.43. The van der Waals surface area contributed by atoms with Crippen LogP contribution in [0.2, 0.25) is 0 Å². The van der Waals surface area contributed by atoms with Gasteiger partial charge >= 0.3 is 6.09 Å². The highest BCUT2D eigenvalue weighted by molar-refractivity contribution is 5.87. The second kappa shape index (κ2) is 8.17. The van der Waals surface area contributed by atoms with E-state index in [1.807, 2.05) is 33.0 Å². The summed E-state index contributed by atoms with van der Waals surface area (Å²) < 4.78 is 5.64. The summed E-state index contributed by atoms with van der Waals surface area (Å²) >= 11 is 0. The minimum atomic E-state index is -0.500. The number of pyridine rings is 1. The van der Waals surface area contributed by atoms with Gasteiger partial charge in [-0.05, 0) is 77.0 Å². The van der Waals surface area contributed by atoms with Crippen LogP contribution in [-0.2, 0) is 4.74 Å². The van der Waals surface area contributed by atoms with Crippen molar-refractivity contribution >= 4 is 11.9 Å². The number of nitrogens with zero attached hydrogens (tertiary/aromatic N) is 3. The molecule has 1 atom stereocenters. The molecule has 1 saturated carbocycles. The number of anilines is 1. The highest BCUT2D eigenvalue weighted by Gasteiger charge is 2.34. The van der Waals surface area contributed by atoms with Crippen molar-refractivity contribution in [2.75, 3.05) is 18.0 Å². The highest BCUT2D eigenvalue weighted by Crippen LogP contribution is 2.34. The smallest absolute Gasteiger partial charge is 0.416 e. The van der Waals surface area contributed by atoms with Crippen LogP contribution in [0.15, 0.2) is 18.3 Å². The van der Waals surface area contributed by atoms with Crippen molar-refractivity contribution in [1.82, 2.24) is 9.88 Å². The second-order valence-electron chi connectivity index (χ2n) is 9.43. The van der Waals surface area contributed by atoms with E-state index in [4.69, 9.17) is 4.74 Å². The van der Waals surface area contributed by atoms with E-state index in [1.165, 1.54) is 18.4 Å². The first-order chi connectivity index (χ1) is 12.7. The SMILES string of the molecule is CC(C)CN1CCC[C@@H]1c1ccc(N(C(=O)OC(C)(C)C)C2CCC2)nc1. The van der Waals surface area contributed by atoms with E-state index in [0.717, 1.165) is 32.4 Å². The van der Waals surface area contributed by atoms with Crippen LogP contribution < -0.4 is 4.90 Å². The minimum absolute atomic E-state index is 0.210. The Hall–Kier alpha value is -1.62. The molecule has 0 radical (unpaired) electrons.